The zero-order valence-electron chi connectivity index (χ0n) is 12.3. The van der Waals surface area contributed by atoms with E-state index in [4.69, 9.17) is 0 Å². The lowest BCUT2D eigenvalue weighted by atomic mass is 10.1. The molecule has 4 nitrogen and oxygen atoms in total. The minimum atomic E-state index is -3.48. The maximum absolute atomic E-state index is 12.6. The van der Waals surface area contributed by atoms with E-state index in [0.29, 0.717) is 11.5 Å². The molecule has 0 spiro atoms. The van der Waals surface area contributed by atoms with Gasteiger partial charge in [0.05, 0.1) is 11.5 Å². The average molecular weight is 297 g/mol. The number of hydrogen-bond donors (Lipinski definition) is 1. The van der Waals surface area contributed by atoms with Gasteiger partial charge < -0.3 is 5.11 Å². The summed E-state index contributed by atoms with van der Waals surface area (Å²) < 4.78 is 26.7. The fourth-order valence-corrected chi connectivity index (χ4v) is 3.99. The largest absolute Gasteiger partial charge is 0.392 e. The Morgan fingerprint density at radius 1 is 1.35 bits per heavy atom. The van der Waals surface area contributed by atoms with Crippen molar-refractivity contribution in [3.8, 4) is 0 Å². The topological polar surface area (TPSA) is 57.6 Å². The molecule has 1 N–H and O–H groups in total. The summed E-state index contributed by atoms with van der Waals surface area (Å²) >= 11 is 0. The third-order valence-electron chi connectivity index (χ3n) is 4.28. The van der Waals surface area contributed by atoms with Crippen LogP contribution in [0.2, 0.25) is 0 Å². The molecule has 0 aromatic heterocycles. The summed E-state index contributed by atoms with van der Waals surface area (Å²) in [5.74, 6) is 0.488. The lowest BCUT2D eigenvalue weighted by Crippen LogP contribution is -2.36. The first kappa shape index (κ1) is 15.5. The fourth-order valence-electron chi connectivity index (χ4n) is 2.52. The third kappa shape index (κ3) is 2.90. The van der Waals surface area contributed by atoms with E-state index in [9.17, 15) is 13.5 Å². The van der Waals surface area contributed by atoms with E-state index in [0.717, 1.165) is 24.8 Å². The summed E-state index contributed by atoms with van der Waals surface area (Å²) in [7, 11) is -1.84. The molecule has 1 fully saturated rings. The van der Waals surface area contributed by atoms with Gasteiger partial charge in [-0.2, -0.15) is 4.31 Å². The van der Waals surface area contributed by atoms with Gasteiger partial charge in [-0.3, -0.25) is 0 Å². The smallest absolute Gasteiger partial charge is 0.243 e. The van der Waals surface area contributed by atoms with Crippen LogP contribution in [0.1, 0.15) is 37.8 Å². The van der Waals surface area contributed by atoms with Crippen LogP contribution < -0.4 is 0 Å². The number of nitrogens with zero attached hydrogens (tertiary/aromatic N) is 1. The highest BCUT2D eigenvalue weighted by Crippen LogP contribution is 2.36. The van der Waals surface area contributed by atoms with E-state index in [1.807, 2.05) is 13.8 Å². The highest BCUT2D eigenvalue weighted by Gasteiger charge is 2.36. The molecule has 1 aliphatic rings. The molecule has 0 aliphatic heterocycles. The second kappa shape index (κ2) is 5.84. The number of rotatable bonds is 6. The van der Waals surface area contributed by atoms with Gasteiger partial charge in [-0.15, -0.1) is 0 Å². The van der Waals surface area contributed by atoms with Crippen LogP contribution in [0.4, 0.5) is 0 Å². The summed E-state index contributed by atoms with van der Waals surface area (Å²) in [5, 5.41) is 9.38. The molecule has 0 bridgehead atoms. The van der Waals surface area contributed by atoms with Gasteiger partial charge in [-0.05, 0) is 55.4 Å². The van der Waals surface area contributed by atoms with Crippen LogP contribution in [-0.2, 0) is 23.1 Å². The van der Waals surface area contributed by atoms with Crippen LogP contribution in [0.5, 0.6) is 0 Å². The lowest BCUT2D eigenvalue weighted by Gasteiger charge is -2.24. The molecule has 1 aromatic rings. The van der Waals surface area contributed by atoms with Crippen molar-refractivity contribution < 1.29 is 13.5 Å². The van der Waals surface area contributed by atoms with Crippen LogP contribution in [0.15, 0.2) is 23.1 Å². The van der Waals surface area contributed by atoms with E-state index in [2.05, 4.69) is 0 Å². The second-order valence-electron chi connectivity index (χ2n) is 5.54. The van der Waals surface area contributed by atoms with Crippen molar-refractivity contribution in [3.63, 3.8) is 0 Å². The number of hydrogen-bond acceptors (Lipinski definition) is 3. The standard InChI is InChI=1S/C15H23NO3S/c1-4-12-7-8-15(9-14(12)10-17)20(18,19)16(3)11(2)13-5-6-13/h7-9,11,13,17H,4-6,10H2,1-3H3. The van der Waals surface area contributed by atoms with Crippen molar-refractivity contribution in [1.29, 1.82) is 0 Å². The fraction of sp³-hybridized carbons (Fsp3) is 0.600. The van der Waals surface area contributed by atoms with Crippen LogP contribution in [0.3, 0.4) is 0 Å². The van der Waals surface area contributed by atoms with E-state index >= 15 is 0 Å². The highest BCUT2D eigenvalue weighted by atomic mass is 32.2. The molecule has 1 unspecified atom stereocenters. The molecule has 0 heterocycles. The minimum absolute atomic E-state index is 0.0310. The van der Waals surface area contributed by atoms with Gasteiger partial charge in [-0.25, -0.2) is 8.42 Å². The zero-order valence-corrected chi connectivity index (χ0v) is 13.2. The second-order valence-corrected chi connectivity index (χ2v) is 7.54. The maximum atomic E-state index is 12.6. The summed E-state index contributed by atoms with van der Waals surface area (Å²) in [6.45, 7) is 3.82. The number of aliphatic hydroxyl groups is 1. The van der Waals surface area contributed by atoms with Crippen molar-refractivity contribution >= 4 is 10.0 Å². The van der Waals surface area contributed by atoms with Gasteiger partial charge >= 0.3 is 0 Å². The molecule has 0 amide bonds. The summed E-state index contributed by atoms with van der Waals surface area (Å²) in [4.78, 5) is 0.272. The molecule has 20 heavy (non-hydrogen) atoms. The maximum Gasteiger partial charge on any atom is 0.243 e. The first-order valence-corrected chi connectivity index (χ1v) is 8.56. The van der Waals surface area contributed by atoms with E-state index in [1.54, 1.807) is 25.2 Å². The molecule has 1 atom stereocenters. The van der Waals surface area contributed by atoms with E-state index < -0.39 is 10.0 Å². The molecular weight excluding hydrogens is 274 g/mol. The van der Waals surface area contributed by atoms with Crippen LogP contribution in [-0.4, -0.2) is 30.9 Å². The zero-order chi connectivity index (χ0) is 14.9. The van der Waals surface area contributed by atoms with Crippen molar-refractivity contribution in [2.75, 3.05) is 7.05 Å². The highest BCUT2D eigenvalue weighted by molar-refractivity contribution is 7.89. The quantitative estimate of drug-likeness (QED) is 0.875. The number of benzene rings is 1. The average Bonchev–Trinajstić information content (AvgIpc) is 3.29. The van der Waals surface area contributed by atoms with Crippen molar-refractivity contribution in [3.05, 3.63) is 29.3 Å². The Kier molecular flexibility index (Phi) is 4.52. The molecule has 2 rings (SSSR count). The Morgan fingerprint density at radius 3 is 2.50 bits per heavy atom. The lowest BCUT2D eigenvalue weighted by molar-refractivity contribution is 0.280. The van der Waals surface area contributed by atoms with Crippen LogP contribution in [0, 0.1) is 5.92 Å². The summed E-state index contributed by atoms with van der Waals surface area (Å²) in [6, 6.07) is 5.07. The number of aliphatic hydroxyl groups excluding tert-OH is 1. The molecule has 0 saturated heterocycles. The van der Waals surface area contributed by atoms with Crippen molar-refractivity contribution in [1.82, 2.24) is 4.31 Å². The normalized spacial score (nSPS) is 17.4. The Morgan fingerprint density at radius 2 is 2.00 bits per heavy atom. The van der Waals surface area contributed by atoms with Crippen LogP contribution in [0.25, 0.3) is 0 Å². The Labute approximate surface area is 121 Å². The van der Waals surface area contributed by atoms with Crippen molar-refractivity contribution in [2.45, 2.75) is 50.7 Å². The van der Waals surface area contributed by atoms with Gasteiger partial charge in [-0.1, -0.05) is 13.0 Å². The molecule has 112 valence electrons. The predicted molar refractivity (Wildman–Crippen MR) is 78.9 cm³/mol. The van der Waals surface area contributed by atoms with Crippen molar-refractivity contribution in [2.24, 2.45) is 5.92 Å². The third-order valence-corrected chi connectivity index (χ3v) is 6.22. The first-order valence-electron chi connectivity index (χ1n) is 7.12. The molecule has 5 heteroatoms. The van der Waals surface area contributed by atoms with Crippen LogP contribution >= 0.6 is 0 Å². The van der Waals surface area contributed by atoms with E-state index in [-0.39, 0.29) is 17.5 Å². The van der Waals surface area contributed by atoms with Gasteiger partial charge in [0.2, 0.25) is 10.0 Å². The monoisotopic (exact) mass is 297 g/mol. The molecular formula is C15H23NO3S. The SMILES string of the molecule is CCc1ccc(S(=O)(=O)N(C)C(C)C2CC2)cc1CO. The van der Waals surface area contributed by atoms with E-state index in [1.165, 1.54) is 4.31 Å². The van der Waals surface area contributed by atoms with Gasteiger partial charge in [0.25, 0.3) is 0 Å². The Balaban J connectivity index is 2.33. The van der Waals surface area contributed by atoms with Gasteiger partial charge in [0, 0.05) is 13.1 Å². The Hall–Kier alpha value is -0.910. The predicted octanol–water partition coefficient (Wildman–Crippen LogP) is 2.16. The number of aryl methyl sites for hydroxylation is 1. The molecule has 1 aliphatic carbocycles. The first-order chi connectivity index (χ1) is 9.41. The minimum Gasteiger partial charge on any atom is -0.392 e. The Bertz CT molecular complexity index is 579. The number of sulfonamides is 1. The molecule has 1 saturated carbocycles. The molecule has 0 radical (unpaired) electrons. The summed E-state index contributed by atoms with van der Waals surface area (Å²) in [5.41, 5.74) is 1.69. The summed E-state index contributed by atoms with van der Waals surface area (Å²) in [6.07, 6.45) is 3.00. The van der Waals surface area contributed by atoms with Gasteiger partial charge in [0.1, 0.15) is 0 Å². The van der Waals surface area contributed by atoms with Gasteiger partial charge in [0.15, 0.2) is 0 Å². The molecule has 1 aromatic carbocycles.